The van der Waals surface area contributed by atoms with Crippen molar-refractivity contribution >= 4 is 40.0 Å². The number of aromatic nitrogens is 2. The summed E-state index contributed by atoms with van der Waals surface area (Å²) in [4.78, 5) is 15.5. The third kappa shape index (κ3) is 5.28. The van der Waals surface area contributed by atoms with E-state index in [4.69, 9.17) is 17.3 Å². The standard InChI is InChI=1S/C15H12ClN3O2.C7H15N/c1-19-6-5-11-13(19)12(15(20)21)8-17-14(11)18-10-4-2-3-9(16)7-10;8-6-7-4-2-1-3-5-7/h2-8H,1H3,(H,17,18)(H,20,21);7H,1-6,8H2. The molecule has 29 heavy (non-hydrogen) atoms. The summed E-state index contributed by atoms with van der Waals surface area (Å²) in [7, 11) is 1.80. The van der Waals surface area contributed by atoms with E-state index in [1.807, 2.05) is 24.4 Å². The van der Waals surface area contributed by atoms with Gasteiger partial charge in [-0.1, -0.05) is 36.9 Å². The van der Waals surface area contributed by atoms with Crippen LogP contribution in [0.5, 0.6) is 0 Å². The number of hydrogen-bond donors (Lipinski definition) is 3. The number of hydrogen-bond acceptors (Lipinski definition) is 4. The molecule has 0 aliphatic heterocycles. The summed E-state index contributed by atoms with van der Waals surface area (Å²) in [6.45, 7) is 0.917. The number of nitrogens with one attached hydrogen (secondary N) is 1. The predicted octanol–water partition coefficient (Wildman–Crippen LogP) is 5.19. The minimum Gasteiger partial charge on any atom is -0.478 e. The normalized spacial score (nSPS) is 14.3. The Bertz CT molecular complexity index is 980. The molecule has 1 saturated carbocycles. The van der Waals surface area contributed by atoms with Gasteiger partial charge in [0.15, 0.2) is 0 Å². The van der Waals surface area contributed by atoms with Crippen molar-refractivity contribution in [2.75, 3.05) is 11.9 Å². The van der Waals surface area contributed by atoms with Gasteiger partial charge in [0.25, 0.3) is 0 Å². The van der Waals surface area contributed by atoms with Crippen LogP contribution >= 0.6 is 11.6 Å². The van der Waals surface area contributed by atoms with Crippen LogP contribution in [0, 0.1) is 5.92 Å². The van der Waals surface area contributed by atoms with Gasteiger partial charge in [-0.15, -0.1) is 0 Å². The van der Waals surface area contributed by atoms with Gasteiger partial charge in [0.2, 0.25) is 0 Å². The number of rotatable bonds is 4. The highest BCUT2D eigenvalue weighted by Crippen LogP contribution is 2.28. The van der Waals surface area contributed by atoms with Gasteiger partial charge >= 0.3 is 5.97 Å². The number of halogens is 1. The summed E-state index contributed by atoms with van der Waals surface area (Å²) in [5, 5.41) is 13.8. The lowest BCUT2D eigenvalue weighted by molar-refractivity contribution is 0.0698. The van der Waals surface area contributed by atoms with Crippen molar-refractivity contribution in [3.63, 3.8) is 0 Å². The molecule has 1 fully saturated rings. The van der Waals surface area contributed by atoms with Gasteiger partial charge in [-0.25, -0.2) is 9.78 Å². The lowest BCUT2D eigenvalue weighted by atomic mass is 9.90. The van der Waals surface area contributed by atoms with Crippen molar-refractivity contribution in [3.05, 3.63) is 53.3 Å². The van der Waals surface area contributed by atoms with Gasteiger partial charge in [0.05, 0.1) is 5.52 Å². The molecule has 0 spiro atoms. The Morgan fingerprint density at radius 2 is 2.07 bits per heavy atom. The van der Waals surface area contributed by atoms with Crippen molar-refractivity contribution in [2.45, 2.75) is 32.1 Å². The van der Waals surface area contributed by atoms with Crippen LogP contribution in [0.1, 0.15) is 42.5 Å². The minimum atomic E-state index is -0.997. The van der Waals surface area contributed by atoms with E-state index in [0.717, 1.165) is 23.5 Å². The topological polar surface area (TPSA) is 93.2 Å². The zero-order valence-electron chi connectivity index (χ0n) is 16.6. The summed E-state index contributed by atoms with van der Waals surface area (Å²) >= 11 is 5.96. The van der Waals surface area contributed by atoms with E-state index in [0.29, 0.717) is 16.4 Å². The average Bonchev–Trinajstić information content (AvgIpc) is 3.11. The molecule has 154 valence electrons. The Kier molecular flexibility index (Phi) is 7.12. The Balaban J connectivity index is 0.000000252. The van der Waals surface area contributed by atoms with Gasteiger partial charge in [-0.05, 0) is 49.6 Å². The van der Waals surface area contributed by atoms with E-state index in [-0.39, 0.29) is 5.56 Å². The fraction of sp³-hybridized carbons (Fsp3) is 0.364. The fourth-order valence-electron chi connectivity index (χ4n) is 3.70. The average molecular weight is 415 g/mol. The van der Waals surface area contributed by atoms with Gasteiger partial charge in [0.1, 0.15) is 11.4 Å². The largest absolute Gasteiger partial charge is 0.478 e. The molecule has 4 N–H and O–H groups in total. The van der Waals surface area contributed by atoms with Crippen LogP contribution in [0.3, 0.4) is 0 Å². The molecular formula is C22H27ClN4O2. The second-order valence-electron chi connectivity index (χ2n) is 7.39. The van der Waals surface area contributed by atoms with E-state index in [1.54, 1.807) is 23.7 Å². The number of fused-ring (bicyclic) bond motifs is 1. The van der Waals surface area contributed by atoms with E-state index < -0.39 is 5.97 Å². The molecule has 1 aliphatic carbocycles. The van der Waals surface area contributed by atoms with Gasteiger partial charge < -0.3 is 20.7 Å². The van der Waals surface area contributed by atoms with Gasteiger partial charge in [-0.3, -0.25) is 0 Å². The second-order valence-corrected chi connectivity index (χ2v) is 7.83. The molecule has 1 aromatic carbocycles. The van der Waals surface area contributed by atoms with Crippen LogP contribution in [0.25, 0.3) is 10.9 Å². The zero-order valence-corrected chi connectivity index (χ0v) is 17.3. The number of nitrogens with two attached hydrogens (primary N) is 1. The van der Waals surface area contributed by atoms with E-state index in [9.17, 15) is 9.90 Å². The van der Waals surface area contributed by atoms with Crippen molar-refractivity contribution < 1.29 is 9.90 Å². The molecule has 3 aromatic rings. The van der Waals surface area contributed by atoms with Gasteiger partial charge in [-0.2, -0.15) is 0 Å². The molecule has 2 aromatic heterocycles. The molecule has 2 heterocycles. The maximum Gasteiger partial charge on any atom is 0.339 e. The predicted molar refractivity (Wildman–Crippen MR) is 118 cm³/mol. The highest BCUT2D eigenvalue weighted by molar-refractivity contribution is 6.30. The maximum atomic E-state index is 11.3. The number of pyridine rings is 1. The highest BCUT2D eigenvalue weighted by Gasteiger charge is 2.15. The SMILES string of the molecule is Cn1ccc2c(Nc3cccc(Cl)c3)ncc(C(=O)O)c21.NCC1CCCCC1. The zero-order chi connectivity index (χ0) is 20.8. The van der Waals surface area contributed by atoms with E-state index in [2.05, 4.69) is 10.3 Å². The number of anilines is 2. The first-order valence-electron chi connectivity index (χ1n) is 9.89. The van der Waals surface area contributed by atoms with Crippen LogP contribution < -0.4 is 11.1 Å². The van der Waals surface area contributed by atoms with Crippen LogP contribution in [-0.2, 0) is 7.05 Å². The van der Waals surface area contributed by atoms with Crippen LogP contribution in [0.4, 0.5) is 11.5 Å². The van der Waals surface area contributed by atoms with Crippen LogP contribution in [0.15, 0.2) is 42.7 Å². The Labute approximate surface area is 175 Å². The Morgan fingerprint density at radius 3 is 2.69 bits per heavy atom. The van der Waals surface area contributed by atoms with Crippen molar-refractivity contribution in [2.24, 2.45) is 18.7 Å². The lowest BCUT2D eigenvalue weighted by Gasteiger charge is -2.18. The van der Waals surface area contributed by atoms with Gasteiger partial charge in [0, 0.05) is 35.5 Å². The van der Waals surface area contributed by atoms with Crippen molar-refractivity contribution in [1.29, 1.82) is 0 Å². The summed E-state index contributed by atoms with van der Waals surface area (Å²) < 4.78 is 1.77. The van der Waals surface area contributed by atoms with Crippen LogP contribution in [0.2, 0.25) is 5.02 Å². The molecule has 4 rings (SSSR count). The van der Waals surface area contributed by atoms with E-state index in [1.165, 1.54) is 38.3 Å². The number of aryl methyl sites for hydroxylation is 1. The first-order valence-corrected chi connectivity index (χ1v) is 10.3. The number of carbonyl (C=O) groups is 1. The number of aromatic carboxylic acids is 1. The van der Waals surface area contributed by atoms with E-state index >= 15 is 0 Å². The molecule has 0 bridgehead atoms. The molecule has 6 nitrogen and oxygen atoms in total. The summed E-state index contributed by atoms with van der Waals surface area (Å²) in [5.74, 6) is 0.463. The fourth-order valence-corrected chi connectivity index (χ4v) is 3.89. The number of nitrogens with zero attached hydrogens (tertiary/aromatic N) is 2. The molecule has 0 amide bonds. The first-order chi connectivity index (χ1) is 14.0. The minimum absolute atomic E-state index is 0.175. The summed E-state index contributed by atoms with van der Waals surface area (Å²) in [5.41, 5.74) is 7.10. The number of benzene rings is 1. The highest BCUT2D eigenvalue weighted by atomic mass is 35.5. The smallest absolute Gasteiger partial charge is 0.339 e. The number of carboxylic acids is 1. The summed E-state index contributed by atoms with van der Waals surface area (Å²) in [6, 6.07) is 9.10. The molecule has 7 heteroatoms. The number of carboxylic acid groups (broad SMARTS) is 1. The summed E-state index contributed by atoms with van der Waals surface area (Å²) in [6.07, 6.45) is 10.2. The third-order valence-corrected chi connectivity index (χ3v) is 5.52. The quantitative estimate of drug-likeness (QED) is 0.546. The Hall–Kier alpha value is -2.57. The second kappa shape index (κ2) is 9.76. The monoisotopic (exact) mass is 414 g/mol. The van der Waals surface area contributed by atoms with Crippen molar-refractivity contribution in [3.8, 4) is 0 Å². The molecule has 0 unspecified atom stereocenters. The third-order valence-electron chi connectivity index (χ3n) is 5.28. The lowest BCUT2D eigenvalue weighted by Crippen LogP contribution is -2.16. The molecule has 0 saturated heterocycles. The molecule has 0 radical (unpaired) electrons. The van der Waals surface area contributed by atoms with Crippen LogP contribution in [-0.4, -0.2) is 27.2 Å². The molecule has 0 atom stereocenters. The van der Waals surface area contributed by atoms with Crippen molar-refractivity contribution in [1.82, 2.24) is 9.55 Å². The maximum absolute atomic E-state index is 11.3. The Morgan fingerprint density at radius 1 is 1.31 bits per heavy atom. The molecule has 1 aliphatic rings. The molecular weight excluding hydrogens is 388 g/mol. The first kappa shape index (κ1) is 21.1.